The minimum Gasteiger partial charge on any atom is -0.462 e. The maximum Gasteiger partial charge on any atom is 0.316 e. The van der Waals surface area contributed by atoms with E-state index in [0.717, 1.165) is 37.7 Å². The van der Waals surface area contributed by atoms with Gasteiger partial charge in [0.2, 0.25) is 0 Å². The fraction of sp³-hybridized carbons (Fsp3) is 0.804. The van der Waals surface area contributed by atoms with E-state index in [4.69, 9.17) is 33.2 Å². The zero-order chi connectivity index (χ0) is 41.2. The van der Waals surface area contributed by atoms with Gasteiger partial charge < -0.3 is 43.4 Å². The van der Waals surface area contributed by atoms with E-state index < -0.39 is 60.0 Å². The normalized spacial score (nSPS) is 44.2. The molecule has 12 heteroatoms. The molecule has 0 aromatic carbocycles. The second-order valence-corrected chi connectivity index (χ2v) is 18.3. The molecule has 4 saturated heterocycles. The number of carbonyl (C=O) groups is 1. The summed E-state index contributed by atoms with van der Waals surface area (Å²) in [6, 6.07) is -0.925. The molecule has 12 nitrogen and oxygen atoms in total. The molecule has 15 atom stereocenters. The lowest BCUT2D eigenvalue weighted by atomic mass is 9.69. The van der Waals surface area contributed by atoms with E-state index in [1.165, 1.54) is 19.3 Å². The van der Waals surface area contributed by atoms with Crippen LogP contribution in [0.1, 0.15) is 118 Å². The van der Waals surface area contributed by atoms with E-state index in [1.54, 1.807) is 13.2 Å². The van der Waals surface area contributed by atoms with Crippen LogP contribution in [0.2, 0.25) is 0 Å². The molecular weight excluding hydrogens is 743 g/mol. The Labute approximate surface area is 345 Å². The van der Waals surface area contributed by atoms with Gasteiger partial charge in [0.05, 0.1) is 37.6 Å². The number of rotatable bonds is 8. The van der Waals surface area contributed by atoms with Crippen LogP contribution in [0.4, 0.5) is 0 Å². The highest BCUT2D eigenvalue weighted by atomic mass is 16.7. The van der Waals surface area contributed by atoms with Crippen LogP contribution in [-0.4, -0.2) is 103 Å². The Morgan fingerprint density at radius 2 is 1.84 bits per heavy atom. The van der Waals surface area contributed by atoms with Crippen molar-refractivity contribution < 1.29 is 48.2 Å². The van der Waals surface area contributed by atoms with E-state index in [-0.39, 0.29) is 36.8 Å². The maximum atomic E-state index is 14.6. The molecule has 0 radical (unpaired) electrons. The Balaban J connectivity index is 1.23. The summed E-state index contributed by atoms with van der Waals surface area (Å²) in [7, 11) is 1.59. The average molecular weight is 812 g/mol. The first-order valence-corrected chi connectivity index (χ1v) is 22.4. The summed E-state index contributed by atoms with van der Waals surface area (Å²) in [5.74, 6) is -1.64. The van der Waals surface area contributed by atoms with Crippen molar-refractivity contribution in [3.8, 4) is 0 Å². The Kier molecular flexibility index (Phi) is 14.2. The van der Waals surface area contributed by atoms with Crippen LogP contribution in [0.15, 0.2) is 52.3 Å². The van der Waals surface area contributed by atoms with Crippen LogP contribution in [0.5, 0.6) is 0 Å². The van der Waals surface area contributed by atoms with Gasteiger partial charge in [0, 0.05) is 38.7 Å². The number of aliphatic hydroxyl groups is 2. The van der Waals surface area contributed by atoms with Gasteiger partial charge in [-0.25, -0.2) is 0 Å². The van der Waals surface area contributed by atoms with Gasteiger partial charge in [0.25, 0.3) is 0 Å². The number of nitroso groups, excluding NO2 is 1. The van der Waals surface area contributed by atoms with Crippen LogP contribution in [0.25, 0.3) is 0 Å². The van der Waals surface area contributed by atoms with E-state index in [0.29, 0.717) is 61.7 Å². The first kappa shape index (κ1) is 43.8. The van der Waals surface area contributed by atoms with Crippen molar-refractivity contribution in [1.82, 2.24) is 0 Å². The SMILES string of the molecule is CCC1=CC2C(=O)OC3CC(CC=C(C)C(COC4CC(OC)C(O)C(C)O4)C(C)C=CC=C4COC(C1N=O)C42O)OC1(CCC(CC)C(C2CCCCC2)O1)C3. The molecule has 0 aromatic heterocycles. The quantitative estimate of drug-likeness (QED) is 0.143. The molecule has 15 unspecified atom stereocenters. The number of methoxy groups -OCH3 is 1. The predicted molar refractivity (Wildman–Crippen MR) is 217 cm³/mol. The third-order valence-electron chi connectivity index (χ3n) is 14.8. The van der Waals surface area contributed by atoms with Crippen molar-refractivity contribution >= 4 is 5.97 Å². The fourth-order valence-corrected chi connectivity index (χ4v) is 11.2. The van der Waals surface area contributed by atoms with Crippen LogP contribution >= 0.6 is 0 Å². The Morgan fingerprint density at radius 1 is 1.05 bits per heavy atom. The van der Waals surface area contributed by atoms with Gasteiger partial charge in [-0.1, -0.05) is 87.6 Å². The van der Waals surface area contributed by atoms with Gasteiger partial charge >= 0.3 is 5.97 Å². The molecule has 5 heterocycles. The lowest BCUT2D eigenvalue weighted by Crippen LogP contribution is -2.58. The van der Waals surface area contributed by atoms with Gasteiger partial charge in [-0.05, 0) is 74.9 Å². The molecule has 2 aliphatic carbocycles. The third kappa shape index (κ3) is 8.87. The van der Waals surface area contributed by atoms with Crippen molar-refractivity contribution in [1.29, 1.82) is 0 Å². The molecule has 5 aliphatic heterocycles. The first-order valence-electron chi connectivity index (χ1n) is 22.4. The number of ether oxygens (including phenoxy) is 7. The second kappa shape index (κ2) is 18.8. The third-order valence-corrected chi connectivity index (χ3v) is 14.8. The minimum atomic E-state index is -1.82. The first-order chi connectivity index (χ1) is 27.9. The predicted octanol–water partition coefficient (Wildman–Crippen LogP) is 7.40. The lowest BCUT2D eigenvalue weighted by molar-refractivity contribution is -0.343. The molecule has 2 N–H and O–H groups in total. The van der Waals surface area contributed by atoms with E-state index in [9.17, 15) is 19.9 Å². The van der Waals surface area contributed by atoms with E-state index >= 15 is 0 Å². The summed E-state index contributed by atoms with van der Waals surface area (Å²) in [5, 5.41) is 26.6. The van der Waals surface area contributed by atoms with Crippen molar-refractivity contribution in [3.63, 3.8) is 0 Å². The molecule has 0 aromatic rings. The number of aliphatic hydroxyl groups excluding tert-OH is 1. The number of fused-ring (bicyclic) bond motifs is 2. The average Bonchev–Trinajstić information content (AvgIpc) is 3.56. The molecule has 0 amide bonds. The highest BCUT2D eigenvalue weighted by molar-refractivity contribution is 5.78. The van der Waals surface area contributed by atoms with Gasteiger partial charge in [-0.15, -0.1) is 0 Å². The van der Waals surface area contributed by atoms with Gasteiger partial charge in [-0.2, -0.15) is 4.91 Å². The summed E-state index contributed by atoms with van der Waals surface area (Å²) in [4.78, 5) is 26.9. The molecule has 1 saturated carbocycles. The molecule has 7 aliphatic rings. The largest absolute Gasteiger partial charge is 0.462 e. The van der Waals surface area contributed by atoms with Crippen molar-refractivity contribution in [2.24, 2.45) is 34.8 Å². The summed E-state index contributed by atoms with van der Waals surface area (Å²) in [6.45, 7) is 10.7. The van der Waals surface area contributed by atoms with Gasteiger partial charge in [0.1, 0.15) is 35.9 Å². The smallest absolute Gasteiger partial charge is 0.316 e. The van der Waals surface area contributed by atoms with Gasteiger partial charge in [0.15, 0.2) is 12.1 Å². The standard InChI is InChI=1S/C46H69NO11/c1-7-30-19-20-45(58-42(30)32-14-10-9-11-15-32)24-35-22-34(57-45)18-17-28(4)36(26-53-39-23-38(52-6)41(48)29(5)55-39)27(3)13-12-16-33-25-54-43-40(47-51)31(8-2)21-37(44(49)56-35)46(33,43)50/h12-13,16-17,21,27,29-30,32,34-43,48,50H,7-11,14-15,18-20,22-26H2,1-6H3. The number of hydrogen-bond donors (Lipinski definition) is 2. The van der Waals surface area contributed by atoms with E-state index in [2.05, 4.69) is 38.1 Å². The number of carbonyl (C=O) groups excluding carboxylic acids is 1. The summed E-state index contributed by atoms with van der Waals surface area (Å²) in [6.07, 6.45) is 17.1. The zero-order valence-corrected chi connectivity index (χ0v) is 35.6. The fourth-order valence-electron chi connectivity index (χ4n) is 11.2. The Morgan fingerprint density at radius 3 is 2.57 bits per heavy atom. The van der Waals surface area contributed by atoms with Crippen LogP contribution < -0.4 is 0 Å². The second-order valence-electron chi connectivity index (χ2n) is 18.3. The maximum absolute atomic E-state index is 14.6. The molecule has 2 bridgehead atoms. The molecule has 324 valence electrons. The van der Waals surface area contributed by atoms with Crippen molar-refractivity contribution in [3.05, 3.63) is 52.0 Å². The summed E-state index contributed by atoms with van der Waals surface area (Å²) in [5.41, 5.74) is 0.472. The number of esters is 1. The topological polar surface area (TPSA) is 152 Å². The molecule has 1 spiro atoms. The highest BCUT2D eigenvalue weighted by Gasteiger charge is 2.61. The van der Waals surface area contributed by atoms with Crippen LogP contribution in [-0.2, 0) is 38.0 Å². The minimum absolute atomic E-state index is 0.0167. The van der Waals surface area contributed by atoms with E-state index in [1.807, 2.05) is 26.0 Å². The zero-order valence-electron chi connectivity index (χ0n) is 35.6. The monoisotopic (exact) mass is 811 g/mol. The van der Waals surface area contributed by atoms with Crippen molar-refractivity contribution in [2.45, 2.75) is 185 Å². The van der Waals surface area contributed by atoms with Crippen LogP contribution in [0.3, 0.4) is 0 Å². The Bertz CT molecular complexity index is 1570. The Hall–Kier alpha value is -2.29. The van der Waals surface area contributed by atoms with Gasteiger partial charge in [-0.3, -0.25) is 4.79 Å². The number of hydrogen-bond acceptors (Lipinski definition) is 12. The number of nitrogens with zero attached hydrogens (tertiary/aromatic N) is 1. The van der Waals surface area contributed by atoms with Crippen LogP contribution in [0, 0.1) is 34.5 Å². The highest BCUT2D eigenvalue weighted by Crippen LogP contribution is 2.50. The molecular formula is C46H69NO11. The summed E-state index contributed by atoms with van der Waals surface area (Å²) >= 11 is 0. The summed E-state index contributed by atoms with van der Waals surface area (Å²) < 4.78 is 45.1. The molecule has 5 fully saturated rings. The molecule has 58 heavy (non-hydrogen) atoms. The lowest BCUT2D eigenvalue weighted by Gasteiger charge is -2.52. The molecule has 7 rings (SSSR count). The number of allylic oxidation sites excluding steroid dienone is 3. The van der Waals surface area contributed by atoms with Crippen molar-refractivity contribution in [2.75, 3.05) is 20.3 Å².